The number of aromatic nitrogens is 1. The van der Waals surface area contributed by atoms with E-state index in [-0.39, 0.29) is 23.4 Å². The molecule has 178 valence electrons. The van der Waals surface area contributed by atoms with Gasteiger partial charge in [0.05, 0.1) is 10.3 Å². The first-order valence-corrected chi connectivity index (χ1v) is 10.5. The number of carbonyl (C=O) groups excluding carboxylic acids is 2. The number of rotatable bonds is 8. The molecule has 0 aliphatic rings. The fraction of sp³-hybridized carbons (Fsp3) is 0.292. The zero-order valence-electron chi connectivity index (χ0n) is 19.0. The zero-order valence-corrected chi connectivity index (χ0v) is 19.0. The first-order valence-electron chi connectivity index (χ1n) is 10.5. The number of nitrogens with one attached hydrogen (secondary N) is 1. The maximum Gasteiger partial charge on any atom is 0.408 e. The minimum absolute atomic E-state index is 0.114. The minimum atomic E-state index is -1.02. The molecule has 0 radical (unpaired) electrons. The van der Waals surface area contributed by atoms with Gasteiger partial charge in [0, 0.05) is 18.7 Å². The Kier molecular flexibility index (Phi) is 7.62. The summed E-state index contributed by atoms with van der Waals surface area (Å²) in [5.74, 6) is -0.511. The summed E-state index contributed by atoms with van der Waals surface area (Å²) >= 11 is 0. The molecule has 1 unspecified atom stereocenters. The van der Waals surface area contributed by atoms with Crippen LogP contribution in [0.1, 0.15) is 26.3 Å². The van der Waals surface area contributed by atoms with E-state index in [0.717, 1.165) is 5.56 Å². The number of amides is 1. The van der Waals surface area contributed by atoms with E-state index in [1.54, 1.807) is 32.9 Å². The number of fused-ring (bicyclic) bond motifs is 1. The summed E-state index contributed by atoms with van der Waals surface area (Å²) in [5.41, 5.74) is 0.225. The molecular weight excluding hydrogens is 442 g/mol. The van der Waals surface area contributed by atoms with Crippen LogP contribution in [0.4, 0.5) is 10.5 Å². The maximum absolute atomic E-state index is 12.8. The van der Waals surface area contributed by atoms with Gasteiger partial charge in [0.1, 0.15) is 22.9 Å². The lowest BCUT2D eigenvalue weighted by molar-refractivity contribution is -0.383. The molecule has 1 amide bonds. The van der Waals surface area contributed by atoms with E-state index in [0.29, 0.717) is 5.39 Å². The number of non-ortho nitro benzene ring substituents is 1. The van der Waals surface area contributed by atoms with Crippen molar-refractivity contribution in [1.29, 1.82) is 0 Å². The quantitative estimate of drug-likeness (QED) is 0.226. The van der Waals surface area contributed by atoms with Gasteiger partial charge >= 0.3 is 12.1 Å². The number of esters is 1. The molecule has 0 spiro atoms. The number of hydrogen-bond acceptors (Lipinski definition) is 8. The topological polar surface area (TPSA) is 130 Å². The summed E-state index contributed by atoms with van der Waals surface area (Å²) in [6, 6.07) is 13.9. The number of nitro benzene ring substituents is 1. The van der Waals surface area contributed by atoms with Crippen molar-refractivity contribution < 1.29 is 28.7 Å². The number of ether oxygens (including phenoxy) is 3. The lowest BCUT2D eigenvalue weighted by atomic mass is 10.1. The molecule has 34 heavy (non-hydrogen) atoms. The van der Waals surface area contributed by atoms with Crippen molar-refractivity contribution in [2.45, 2.75) is 38.8 Å². The second-order valence-electron chi connectivity index (χ2n) is 8.35. The van der Waals surface area contributed by atoms with E-state index >= 15 is 0 Å². The van der Waals surface area contributed by atoms with Crippen molar-refractivity contribution >= 4 is 28.7 Å². The van der Waals surface area contributed by atoms with Crippen LogP contribution in [0, 0.1) is 10.1 Å². The highest BCUT2D eigenvalue weighted by atomic mass is 16.7. The molecule has 1 atom stereocenters. The third kappa shape index (κ3) is 6.64. The lowest BCUT2D eigenvalue weighted by Gasteiger charge is -2.23. The molecule has 0 aliphatic heterocycles. The summed E-state index contributed by atoms with van der Waals surface area (Å²) in [6.45, 7) is 4.66. The highest BCUT2D eigenvalue weighted by Gasteiger charge is 2.26. The van der Waals surface area contributed by atoms with Crippen LogP contribution in [0.25, 0.3) is 10.9 Å². The molecule has 0 bridgehead atoms. The van der Waals surface area contributed by atoms with Crippen LogP contribution in [0.15, 0.2) is 60.8 Å². The third-order valence-electron chi connectivity index (χ3n) is 4.58. The van der Waals surface area contributed by atoms with Gasteiger partial charge in [0.25, 0.3) is 5.69 Å². The number of benzene rings is 2. The fourth-order valence-electron chi connectivity index (χ4n) is 3.15. The molecule has 2 aromatic carbocycles. The van der Waals surface area contributed by atoms with E-state index in [2.05, 4.69) is 10.3 Å². The molecule has 0 fully saturated rings. The summed E-state index contributed by atoms with van der Waals surface area (Å²) in [7, 11) is 0. The molecule has 1 heterocycles. The van der Waals surface area contributed by atoms with Crippen LogP contribution in [-0.2, 0) is 20.7 Å². The zero-order chi connectivity index (χ0) is 24.7. The first-order chi connectivity index (χ1) is 16.1. The SMILES string of the molecule is CC(C)(C)OC(=O)NC(Cc1ccccc1)C(=O)OCOc1ccc([N+](=O)[O-])c2cccnc12. The molecule has 0 saturated carbocycles. The number of hydrogen-bond donors (Lipinski definition) is 1. The Bertz CT molecular complexity index is 1180. The van der Waals surface area contributed by atoms with Crippen molar-refractivity contribution in [3.05, 3.63) is 76.5 Å². The van der Waals surface area contributed by atoms with E-state index in [1.807, 2.05) is 30.3 Å². The fourth-order valence-corrected chi connectivity index (χ4v) is 3.15. The Balaban J connectivity index is 1.70. The van der Waals surface area contributed by atoms with Crippen LogP contribution >= 0.6 is 0 Å². The number of nitro groups is 1. The minimum Gasteiger partial charge on any atom is -0.455 e. The predicted molar refractivity (Wildman–Crippen MR) is 123 cm³/mol. The second-order valence-corrected chi connectivity index (χ2v) is 8.35. The normalized spacial score (nSPS) is 12.0. The largest absolute Gasteiger partial charge is 0.455 e. The van der Waals surface area contributed by atoms with Gasteiger partial charge in [-0.3, -0.25) is 15.1 Å². The summed E-state index contributed by atoms with van der Waals surface area (Å²) in [4.78, 5) is 39.9. The first kappa shape index (κ1) is 24.4. The van der Waals surface area contributed by atoms with Crippen molar-refractivity contribution in [3.63, 3.8) is 0 Å². The summed E-state index contributed by atoms with van der Waals surface area (Å²) in [6.07, 6.45) is 0.906. The number of alkyl carbamates (subject to hydrolysis) is 1. The highest BCUT2D eigenvalue weighted by molar-refractivity contribution is 5.92. The molecular formula is C24H25N3O7. The van der Waals surface area contributed by atoms with E-state index < -0.39 is 35.4 Å². The van der Waals surface area contributed by atoms with Crippen LogP contribution in [0.2, 0.25) is 0 Å². The standard InChI is InChI=1S/C24H25N3O7/c1-24(2,3)34-23(29)26-18(14-16-8-5-4-6-9-16)22(28)33-15-32-20-12-11-19(27(30)31)17-10-7-13-25-21(17)20/h4-13,18H,14-15H2,1-3H3,(H,26,29). The average Bonchev–Trinajstić information content (AvgIpc) is 2.78. The van der Waals surface area contributed by atoms with Crippen molar-refractivity contribution in [1.82, 2.24) is 10.3 Å². The average molecular weight is 467 g/mol. The molecule has 0 aliphatic carbocycles. The number of nitrogens with zero attached hydrogens (tertiary/aromatic N) is 2. The van der Waals surface area contributed by atoms with Crippen LogP contribution in [0.5, 0.6) is 5.75 Å². The molecule has 10 nitrogen and oxygen atoms in total. The monoisotopic (exact) mass is 467 g/mol. The smallest absolute Gasteiger partial charge is 0.408 e. The predicted octanol–water partition coefficient (Wildman–Crippen LogP) is 4.16. The van der Waals surface area contributed by atoms with Crippen LogP contribution in [-0.4, -0.2) is 40.4 Å². The number of carbonyl (C=O) groups is 2. The molecule has 1 N–H and O–H groups in total. The Morgan fingerprint density at radius 3 is 2.50 bits per heavy atom. The van der Waals surface area contributed by atoms with E-state index in [9.17, 15) is 19.7 Å². The van der Waals surface area contributed by atoms with Gasteiger partial charge in [-0.1, -0.05) is 30.3 Å². The maximum atomic E-state index is 12.8. The van der Waals surface area contributed by atoms with Gasteiger partial charge < -0.3 is 19.5 Å². The molecule has 3 aromatic rings. The van der Waals surface area contributed by atoms with Gasteiger partial charge in [-0.2, -0.15) is 0 Å². The van der Waals surface area contributed by atoms with E-state index in [1.165, 1.54) is 18.3 Å². The van der Waals surface area contributed by atoms with Crippen molar-refractivity contribution in [2.24, 2.45) is 0 Å². The Hall–Kier alpha value is -4.21. The van der Waals surface area contributed by atoms with E-state index in [4.69, 9.17) is 14.2 Å². The Labute approximate surface area is 196 Å². The Morgan fingerprint density at radius 2 is 1.82 bits per heavy atom. The van der Waals surface area contributed by atoms with Crippen molar-refractivity contribution in [3.8, 4) is 5.75 Å². The van der Waals surface area contributed by atoms with Crippen molar-refractivity contribution in [2.75, 3.05) is 6.79 Å². The Morgan fingerprint density at radius 1 is 1.09 bits per heavy atom. The van der Waals surface area contributed by atoms with Gasteiger partial charge in [0.15, 0.2) is 0 Å². The van der Waals surface area contributed by atoms with Gasteiger partial charge in [0.2, 0.25) is 6.79 Å². The van der Waals surface area contributed by atoms with Gasteiger partial charge in [-0.15, -0.1) is 0 Å². The highest BCUT2D eigenvalue weighted by Crippen LogP contribution is 2.31. The third-order valence-corrected chi connectivity index (χ3v) is 4.58. The molecule has 3 rings (SSSR count). The second kappa shape index (κ2) is 10.6. The van der Waals surface area contributed by atoms with Crippen LogP contribution in [0.3, 0.4) is 0 Å². The molecule has 1 aromatic heterocycles. The van der Waals surface area contributed by atoms with Gasteiger partial charge in [-0.05, 0) is 44.5 Å². The van der Waals surface area contributed by atoms with Crippen LogP contribution < -0.4 is 10.1 Å². The summed E-state index contributed by atoms with van der Waals surface area (Å²) < 4.78 is 16.0. The number of pyridine rings is 1. The molecule has 10 heteroatoms. The molecule has 0 saturated heterocycles. The summed E-state index contributed by atoms with van der Waals surface area (Å²) in [5, 5.41) is 14.1. The van der Waals surface area contributed by atoms with Gasteiger partial charge in [-0.25, -0.2) is 9.59 Å². The lowest BCUT2D eigenvalue weighted by Crippen LogP contribution is -2.45.